The number of aliphatic hydroxyl groups excluding tert-OH is 1. The van der Waals surface area contributed by atoms with Gasteiger partial charge in [0, 0.05) is 48.6 Å². The van der Waals surface area contributed by atoms with E-state index < -0.39 is 0 Å². The van der Waals surface area contributed by atoms with Crippen LogP contribution in [-0.4, -0.2) is 44.4 Å². The first-order chi connectivity index (χ1) is 16.5. The van der Waals surface area contributed by atoms with E-state index in [1.165, 1.54) is 6.33 Å². The molecular formula is C25H27N7O2. The number of benzene rings is 2. The highest BCUT2D eigenvalue weighted by Gasteiger charge is 2.12. The van der Waals surface area contributed by atoms with Gasteiger partial charge in [-0.1, -0.05) is 25.1 Å². The van der Waals surface area contributed by atoms with Crippen LogP contribution in [0.1, 0.15) is 34.3 Å². The van der Waals surface area contributed by atoms with Gasteiger partial charge in [-0.15, -0.1) is 0 Å². The van der Waals surface area contributed by atoms with E-state index in [0.717, 1.165) is 22.6 Å². The summed E-state index contributed by atoms with van der Waals surface area (Å²) in [5, 5.41) is 23.1. The minimum atomic E-state index is -0.215. The van der Waals surface area contributed by atoms with Crippen molar-refractivity contribution in [3.05, 3.63) is 83.8 Å². The van der Waals surface area contributed by atoms with Gasteiger partial charge in [0.2, 0.25) is 0 Å². The highest BCUT2D eigenvalue weighted by Crippen LogP contribution is 2.26. The van der Waals surface area contributed by atoms with Crippen LogP contribution in [0, 0.1) is 6.92 Å². The number of amides is 1. The van der Waals surface area contributed by atoms with E-state index in [4.69, 9.17) is 0 Å². The van der Waals surface area contributed by atoms with Crippen molar-refractivity contribution < 1.29 is 9.90 Å². The maximum atomic E-state index is 12.9. The Balaban J connectivity index is 1.55. The Morgan fingerprint density at radius 2 is 1.97 bits per heavy atom. The largest absolute Gasteiger partial charge is 0.396 e. The molecule has 4 aromatic rings. The molecule has 0 aliphatic heterocycles. The lowest BCUT2D eigenvalue weighted by molar-refractivity contribution is 0.102. The van der Waals surface area contributed by atoms with Crippen LogP contribution >= 0.6 is 0 Å². The zero-order valence-corrected chi connectivity index (χ0v) is 19.3. The number of hydrogen-bond donors (Lipinski definition) is 4. The molecule has 4 N–H and O–H groups in total. The molecule has 4 rings (SSSR count). The number of rotatable bonds is 8. The van der Waals surface area contributed by atoms with E-state index in [-0.39, 0.29) is 18.4 Å². The molecule has 0 saturated heterocycles. The number of aryl methyl sites for hydroxylation is 1. The fraction of sp³-hybridized carbons (Fsp3) is 0.200. The molecule has 0 aliphatic rings. The molecule has 0 spiro atoms. The SMILES string of the molecule is CNc1cc(-n2nccc2Nc2cc(NC(=O)c3cccc(C(C)CO)c3)ccc2C)ncn1. The van der Waals surface area contributed by atoms with Gasteiger partial charge in [0.1, 0.15) is 18.0 Å². The summed E-state index contributed by atoms with van der Waals surface area (Å²) in [5.74, 6) is 1.77. The van der Waals surface area contributed by atoms with E-state index in [1.54, 1.807) is 30.1 Å². The number of aliphatic hydroxyl groups is 1. The Labute approximate surface area is 197 Å². The zero-order chi connectivity index (χ0) is 24.1. The third-order valence-electron chi connectivity index (χ3n) is 5.52. The average Bonchev–Trinajstić information content (AvgIpc) is 3.33. The molecule has 0 radical (unpaired) electrons. The summed E-state index contributed by atoms with van der Waals surface area (Å²) in [6.45, 7) is 3.93. The number of nitrogens with zero attached hydrogens (tertiary/aromatic N) is 4. The molecule has 2 aromatic carbocycles. The topological polar surface area (TPSA) is 117 Å². The van der Waals surface area contributed by atoms with Crippen molar-refractivity contribution >= 4 is 28.9 Å². The lowest BCUT2D eigenvalue weighted by atomic mass is 9.99. The molecule has 2 aromatic heterocycles. The van der Waals surface area contributed by atoms with Crippen molar-refractivity contribution in [3.63, 3.8) is 0 Å². The van der Waals surface area contributed by atoms with E-state index in [9.17, 15) is 9.90 Å². The first-order valence-corrected chi connectivity index (χ1v) is 10.9. The van der Waals surface area contributed by atoms with Crippen LogP contribution in [0.25, 0.3) is 5.82 Å². The van der Waals surface area contributed by atoms with Gasteiger partial charge in [-0.05, 0) is 42.3 Å². The van der Waals surface area contributed by atoms with Gasteiger partial charge < -0.3 is 21.1 Å². The average molecular weight is 458 g/mol. The monoisotopic (exact) mass is 457 g/mol. The van der Waals surface area contributed by atoms with Crippen molar-refractivity contribution in [2.45, 2.75) is 19.8 Å². The van der Waals surface area contributed by atoms with Gasteiger partial charge in [-0.25, -0.2) is 9.97 Å². The first-order valence-electron chi connectivity index (χ1n) is 10.9. The molecule has 0 aliphatic carbocycles. The minimum Gasteiger partial charge on any atom is -0.396 e. The predicted octanol–water partition coefficient (Wildman–Crippen LogP) is 4.10. The van der Waals surface area contributed by atoms with Crippen LogP contribution in [0.5, 0.6) is 0 Å². The zero-order valence-electron chi connectivity index (χ0n) is 19.3. The van der Waals surface area contributed by atoms with Crippen molar-refractivity contribution in [2.75, 3.05) is 29.6 Å². The van der Waals surface area contributed by atoms with Crippen LogP contribution < -0.4 is 16.0 Å². The molecule has 0 bridgehead atoms. The second-order valence-electron chi connectivity index (χ2n) is 7.96. The van der Waals surface area contributed by atoms with Crippen molar-refractivity contribution in [3.8, 4) is 5.82 Å². The quantitative estimate of drug-likeness (QED) is 0.315. The second-order valence-corrected chi connectivity index (χ2v) is 7.96. The standard InChI is InChI=1S/C25H27N7O2/c1-16-7-8-20(30-25(34)19-6-4-5-18(11-19)17(2)14-33)12-21(16)31-23-9-10-29-32(23)24-13-22(26-3)27-15-28-24/h4-13,15,17,31,33H,14H2,1-3H3,(H,30,34)(H,26,27,28). The third kappa shape index (κ3) is 5.05. The molecule has 1 unspecified atom stereocenters. The molecule has 174 valence electrons. The van der Waals surface area contributed by atoms with Crippen LogP contribution in [0.2, 0.25) is 0 Å². The van der Waals surface area contributed by atoms with E-state index in [2.05, 4.69) is 31.0 Å². The molecule has 34 heavy (non-hydrogen) atoms. The van der Waals surface area contributed by atoms with E-state index in [0.29, 0.717) is 22.9 Å². The maximum Gasteiger partial charge on any atom is 0.255 e. The van der Waals surface area contributed by atoms with Gasteiger partial charge in [-0.3, -0.25) is 4.79 Å². The second kappa shape index (κ2) is 10.1. The summed E-state index contributed by atoms with van der Waals surface area (Å²) < 4.78 is 1.68. The smallest absolute Gasteiger partial charge is 0.255 e. The normalized spacial score (nSPS) is 11.6. The summed E-state index contributed by atoms with van der Waals surface area (Å²) in [5.41, 5.74) is 3.94. The maximum absolute atomic E-state index is 12.9. The molecule has 9 nitrogen and oxygen atoms in total. The molecule has 0 fully saturated rings. The van der Waals surface area contributed by atoms with Crippen LogP contribution in [0.3, 0.4) is 0 Å². The molecule has 1 atom stereocenters. The highest BCUT2D eigenvalue weighted by atomic mass is 16.3. The predicted molar refractivity (Wildman–Crippen MR) is 133 cm³/mol. The number of carbonyl (C=O) groups excluding carboxylic acids is 1. The molecule has 9 heteroatoms. The van der Waals surface area contributed by atoms with Crippen LogP contribution in [0.4, 0.5) is 23.0 Å². The number of nitrogens with one attached hydrogen (secondary N) is 3. The number of hydrogen-bond acceptors (Lipinski definition) is 7. The van der Waals surface area contributed by atoms with Crippen LogP contribution in [0.15, 0.2) is 67.1 Å². The first kappa shape index (κ1) is 22.9. The summed E-state index contributed by atoms with van der Waals surface area (Å²) in [7, 11) is 1.79. The Morgan fingerprint density at radius 3 is 2.76 bits per heavy atom. The summed E-state index contributed by atoms with van der Waals surface area (Å²) in [6, 6.07) is 16.6. The Kier molecular flexibility index (Phi) is 6.84. The highest BCUT2D eigenvalue weighted by molar-refractivity contribution is 6.04. The van der Waals surface area contributed by atoms with Crippen molar-refractivity contribution in [1.82, 2.24) is 19.7 Å². The summed E-state index contributed by atoms with van der Waals surface area (Å²) in [4.78, 5) is 21.3. The van der Waals surface area contributed by atoms with E-state index in [1.807, 2.05) is 56.3 Å². The summed E-state index contributed by atoms with van der Waals surface area (Å²) >= 11 is 0. The van der Waals surface area contributed by atoms with Crippen molar-refractivity contribution in [1.29, 1.82) is 0 Å². The Hall–Kier alpha value is -4.24. The fourth-order valence-electron chi connectivity index (χ4n) is 3.45. The minimum absolute atomic E-state index is 0.0277. The van der Waals surface area contributed by atoms with Gasteiger partial charge in [0.25, 0.3) is 5.91 Å². The van der Waals surface area contributed by atoms with Gasteiger partial charge in [0.05, 0.1) is 6.20 Å². The molecular weight excluding hydrogens is 430 g/mol. The summed E-state index contributed by atoms with van der Waals surface area (Å²) in [6.07, 6.45) is 3.16. The Morgan fingerprint density at radius 1 is 1.12 bits per heavy atom. The number of carbonyl (C=O) groups is 1. The van der Waals surface area contributed by atoms with Gasteiger partial charge in [0.15, 0.2) is 5.82 Å². The molecule has 0 saturated carbocycles. The fourth-order valence-corrected chi connectivity index (χ4v) is 3.45. The van der Waals surface area contributed by atoms with Gasteiger partial charge >= 0.3 is 0 Å². The number of anilines is 4. The molecule has 2 heterocycles. The van der Waals surface area contributed by atoms with Crippen LogP contribution in [-0.2, 0) is 0 Å². The molecule has 1 amide bonds. The van der Waals surface area contributed by atoms with E-state index >= 15 is 0 Å². The van der Waals surface area contributed by atoms with Crippen molar-refractivity contribution in [2.24, 2.45) is 0 Å². The third-order valence-corrected chi connectivity index (χ3v) is 5.52. The number of aromatic nitrogens is 4. The lowest BCUT2D eigenvalue weighted by Crippen LogP contribution is -2.13. The lowest BCUT2D eigenvalue weighted by Gasteiger charge is -2.14. The Bertz CT molecular complexity index is 1300. The van der Waals surface area contributed by atoms with Gasteiger partial charge in [-0.2, -0.15) is 9.78 Å².